The maximum atomic E-state index is 13.7. The smallest absolute Gasteiger partial charge is 0.253 e. The molecular formula is C30H33ClN2O5S. The van der Waals surface area contributed by atoms with Crippen molar-refractivity contribution >= 4 is 33.3 Å². The molecule has 1 fully saturated rings. The first-order valence-electron chi connectivity index (χ1n) is 12.9. The molecule has 4 rings (SSSR count). The normalized spacial score (nSPS) is 19.6. The lowest BCUT2D eigenvalue weighted by Gasteiger charge is -2.32. The van der Waals surface area contributed by atoms with Crippen LogP contribution < -0.4 is 5.32 Å². The topological polar surface area (TPSA) is 104 Å². The monoisotopic (exact) mass is 568 g/mol. The number of hydrogen-bond donors (Lipinski definition) is 2. The van der Waals surface area contributed by atoms with Gasteiger partial charge in [-0.25, -0.2) is 8.42 Å². The zero-order valence-electron chi connectivity index (χ0n) is 22.2. The molecule has 0 spiro atoms. The summed E-state index contributed by atoms with van der Waals surface area (Å²) in [5, 5.41) is 14.9. The summed E-state index contributed by atoms with van der Waals surface area (Å²) in [6, 6.07) is 22.0. The number of hydrogen-bond acceptors (Lipinski definition) is 5. The van der Waals surface area contributed by atoms with Gasteiger partial charge in [-0.1, -0.05) is 80.0 Å². The number of aliphatic hydroxyl groups is 1. The molecule has 206 valence electrons. The van der Waals surface area contributed by atoms with Crippen LogP contribution in [-0.4, -0.2) is 54.3 Å². The third-order valence-electron chi connectivity index (χ3n) is 7.11. The van der Waals surface area contributed by atoms with Gasteiger partial charge in [0.15, 0.2) is 5.78 Å². The van der Waals surface area contributed by atoms with E-state index in [9.17, 15) is 23.1 Å². The number of carbonyl (C=O) groups is 2. The molecule has 3 aromatic rings. The van der Waals surface area contributed by atoms with Gasteiger partial charge in [-0.05, 0) is 49.1 Å². The van der Waals surface area contributed by atoms with E-state index in [1.165, 1.54) is 35.5 Å². The number of nitrogens with zero attached hydrogens (tertiary/aromatic N) is 1. The number of Topliss-reactive ketones (excluding diaryl/α,β-unsaturated/α-hetero) is 1. The number of aliphatic hydroxyl groups excluding tert-OH is 1. The van der Waals surface area contributed by atoms with Gasteiger partial charge >= 0.3 is 0 Å². The second-order valence-corrected chi connectivity index (χ2v) is 12.8. The van der Waals surface area contributed by atoms with Crippen molar-refractivity contribution in [3.63, 3.8) is 0 Å². The average molecular weight is 569 g/mol. The first-order valence-corrected chi connectivity index (χ1v) is 14.7. The lowest BCUT2D eigenvalue weighted by Crippen LogP contribution is -2.53. The van der Waals surface area contributed by atoms with Crippen LogP contribution in [0.1, 0.15) is 59.4 Å². The van der Waals surface area contributed by atoms with E-state index in [1.54, 1.807) is 24.3 Å². The fourth-order valence-corrected chi connectivity index (χ4v) is 6.77. The molecule has 39 heavy (non-hydrogen) atoms. The summed E-state index contributed by atoms with van der Waals surface area (Å²) in [5.74, 6) is -0.832. The number of ketones is 1. The Labute approximate surface area is 234 Å². The highest BCUT2D eigenvalue weighted by atomic mass is 35.5. The minimum Gasteiger partial charge on any atom is -0.389 e. The largest absolute Gasteiger partial charge is 0.389 e. The SMILES string of the molecule is CC(=O)c1ccc(S(=O)(=O)N(CC(C)C)C[C@@H](O)C2(NC(=O)c3ccccc3Cl)CC2c2ccccc2)cc1. The Morgan fingerprint density at radius 3 is 2.21 bits per heavy atom. The lowest BCUT2D eigenvalue weighted by molar-refractivity contribution is 0.0707. The van der Waals surface area contributed by atoms with Crippen LogP contribution in [-0.2, 0) is 10.0 Å². The van der Waals surface area contributed by atoms with Gasteiger partial charge in [0.25, 0.3) is 5.91 Å². The van der Waals surface area contributed by atoms with Gasteiger partial charge in [0, 0.05) is 24.6 Å². The van der Waals surface area contributed by atoms with Crippen LogP contribution in [0, 0.1) is 5.92 Å². The summed E-state index contributed by atoms with van der Waals surface area (Å²) in [5.41, 5.74) is 0.547. The van der Waals surface area contributed by atoms with Gasteiger partial charge in [0.05, 0.1) is 27.1 Å². The number of amides is 1. The Morgan fingerprint density at radius 1 is 1.00 bits per heavy atom. The van der Waals surface area contributed by atoms with E-state index in [-0.39, 0.29) is 46.2 Å². The van der Waals surface area contributed by atoms with Crippen LogP contribution in [0.4, 0.5) is 0 Å². The molecule has 1 amide bonds. The van der Waals surface area contributed by atoms with Gasteiger partial charge in [-0.2, -0.15) is 4.31 Å². The number of sulfonamides is 1. The molecule has 1 saturated carbocycles. The van der Waals surface area contributed by atoms with Crippen molar-refractivity contribution in [2.75, 3.05) is 13.1 Å². The van der Waals surface area contributed by atoms with Crippen LogP contribution in [0.15, 0.2) is 83.8 Å². The van der Waals surface area contributed by atoms with E-state index >= 15 is 0 Å². The van der Waals surface area contributed by atoms with Crippen LogP contribution >= 0.6 is 11.6 Å². The minimum atomic E-state index is -4.01. The summed E-state index contributed by atoms with van der Waals surface area (Å²) in [6.07, 6.45) is -0.767. The number of rotatable bonds is 11. The minimum absolute atomic E-state index is 0.0266. The van der Waals surface area contributed by atoms with Crippen molar-refractivity contribution < 1.29 is 23.1 Å². The molecule has 0 bridgehead atoms. The van der Waals surface area contributed by atoms with Gasteiger partial charge in [-0.15, -0.1) is 0 Å². The highest BCUT2D eigenvalue weighted by Gasteiger charge is 2.61. The van der Waals surface area contributed by atoms with Crippen LogP contribution in [0.5, 0.6) is 0 Å². The van der Waals surface area contributed by atoms with Crippen molar-refractivity contribution in [1.82, 2.24) is 9.62 Å². The quantitative estimate of drug-likeness (QED) is 0.320. The summed E-state index contributed by atoms with van der Waals surface area (Å²) in [7, 11) is -4.01. The van der Waals surface area contributed by atoms with Crippen molar-refractivity contribution in [3.05, 3.63) is 101 Å². The molecule has 0 saturated heterocycles. The fraction of sp³-hybridized carbons (Fsp3) is 0.333. The van der Waals surface area contributed by atoms with Crippen molar-refractivity contribution in [2.24, 2.45) is 5.92 Å². The van der Waals surface area contributed by atoms with E-state index in [0.717, 1.165) is 5.56 Å². The Morgan fingerprint density at radius 2 is 1.62 bits per heavy atom. The highest BCUT2D eigenvalue weighted by Crippen LogP contribution is 2.54. The third kappa shape index (κ3) is 6.25. The molecule has 7 nitrogen and oxygen atoms in total. The molecule has 0 aromatic heterocycles. The van der Waals surface area contributed by atoms with Gasteiger partial charge in [0.2, 0.25) is 10.0 Å². The summed E-state index contributed by atoms with van der Waals surface area (Å²) in [4.78, 5) is 25.0. The first kappa shape index (κ1) is 29.0. The molecular weight excluding hydrogens is 536 g/mol. The predicted octanol–water partition coefficient (Wildman–Crippen LogP) is 4.91. The molecule has 9 heteroatoms. The standard InChI is InChI=1S/C30H33ClN2O5S/c1-20(2)18-33(39(37,38)24-15-13-22(14-16-24)21(3)34)19-28(35)30(17-26(30)23-9-5-4-6-10-23)32-29(36)25-11-7-8-12-27(25)31/h4-16,20,26,28,35H,17-19H2,1-3H3,(H,32,36)/t26?,28-,30?/m1/s1. The van der Waals surface area contributed by atoms with Crippen LogP contribution in [0.25, 0.3) is 0 Å². The molecule has 1 aliphatic carbocycles. The molecule has 0 heterocycles. The Hall–Kier alpha value is -3.04. The van der Waals surface area contributed by atoms with E-state index in [4.69, 9.17) is 11.6 Å². The average Bonchev–Trinajstić information content (AvgIpc) is 3.64. The number of nitrogens with one attached hydrogen (secondary N) is 1. The zero-order valence-corrected chi connectivity index (χ0v) is 23.7. The third-order valence-corrected chi connectivity index (χ3v) is 9.28. The lowest BCUT2D eigenvalue weighted by atomic mass is 10.00. The first-order chi connectivity index (χ1) is 18.5. The molecule has 0 aliphatic heterocycles. The van der Waals surface area contributed by atoms with Crippen molar-refractivity contribution in [1.29, 1.82) is 0 Å². The molecule has 1 aliphatic rings. The molecule has 0 radical (unpaired) electrons. The Kier molecular flexibility index (Phi) is 8.61. The molecule has 2 N–H and O–H groups in total. The van der Waals surface area contributed by atoms with E-state index in [2.05, 4.69) is 5.32 Å². The van der Waals surface area contributed by atoms with E-state index in [1.807, 2.05) is 44.2 Å². The number of benzene rings is 3. The Bertz CT molecular complexity index is 1440. The molecule has 2 unspecified atom stereocenters. The second kappa shape index (κ2) is 11.6. The fourth-order valence-electron chi connectivity index (χ4n) is 4.94. The van der Waals surface area contributed by atoms with Crippen molar-refractivity contribution in [3.8, 4) is 0 Å². The summed E-state index contributed by atoms with van der Waals surface area (Å²) in [6.45, 7) is 5.15. The predicted molar refractivity (Wildman–Crippen MR) is 151 cm³/mol. The molecule has 3 aromatic carbocycles. The summed E-state index contributed by atoms with van der Waals surface area (Å²) < 4.78 is 28.7. The molecule has 3 atom stereocenters. The van der Waals surface area contributed by atoms with Crippen molar-refractivity contribution in [2.45, 2.75) is 49.6 Å². The van der Waals surface area contributed by atoms with E-state index in [0.29, 0.717) is 12.0 Å². The maximum absolute atomic E-state index is 13.7. The Balaban J connectivity index is 1.66. The number of carbonyl (C=O) groups excluding carboxylic acids is 2. The van der Waals surface area contributed by atoms with Gasteiger partial charge < -0.3 is 10.4 Å². The van der Waals surface area contributed by atoms with Crippen LogP contribution in [0.2, 0.25) is 5.02 Å². The van der Waals surface area contributed by atoms with E-state index < -0.39 is 27.6 Å². The van der Waals surface area contributed by atoms with Gasteiger partial charge in [0.1, 0.15) is 0 Å². The maximum Gasteiger partial charge on any atom is 0.253 e. The zero-order chi connectivity index (χ0) is 28.4. The second-order valence-electron chi connectivity index (χ2n) is 10.5. The summed E-state index contributed by atoms with van der Waals surface area (Å²) >= 11 is 6.27. The van der Waals surface area contributed by atoms with Crippen LogP contribution in [0.3, 0.4) is 0 Å². The number of halogens is 1. The van der Waals surface area contributed by atoms with Gasteiger partial charge in [-0.3, -0.25) is 9.59 Å². The highest BCUT2D eigenvalue weighted by molar-refractivity contribution is 7.89.